The first-order valence-corrected chi connectivity index (χ1v) is 11.6. The van der Waals surface area contributed by atoms with Crippen molar-refractivity contribution in [3.8, 4) is 33.4 Å². The first-order chi connectivity index (χ1) is 16.3. The predicted octanol–water partition coefficient (Wildman–Crippen LogP) is 9.00. The van der Waals surface area contributed by atoms with Crippen molar-refractivity contribution in [1.82, 2.24) is 4.98 Å². The minimum Gasteiger partial charge on any atom is -0.276 e. The van der Waals surface area contributed by atoms with Gasteiger partial charge in [0, 0.05) is 32.6 Å². The lowest BCUT2D eigenvalue weighted by molar-refractivity contribution is 1.34. The molecule has 0 N–H and O–H groups in total. The van der Waals surface area contributed by atoms with E-state index in [1.807, 2.05) is 23.6 Å². The smallest absolute Gasteiger partial charge is 0.205 e. The van der Waals surface area contributed by atoms with Crippen LogP contribution in [0.4, 0.5) is 5.69 Å². The maximum atomic E-state index is 7.25. The Kier molecular flexibility index (Phi) is 4.72. The number of hydrogen-bond acceptors (Lipinski definition) is 2. The molecule has 6 rings (SSSR count). The molecular weight excluding hydrogens is 420 g/mol. The molecule has 0 fully saturated rings. The van der Waals surface area contributed by atoms with Crippen molar-refractivity contribution >= 4 is 37.2 Å². The first kappa shape index (κ1) is 19.4. The molecule has 0 aliphatic rings. The molecule has 0 spiro atoms. The monoisotopic (exact) mass is 438 g/mol. The average Bonchev–Trinajstić information content (AvgIpc) is 3.26. The van der Waals surface area contributed by atoms with E-state index in [2.05, 4.69) is 101 Å². The second kappa shape index (κ2) is 8.02. The molecule has 6 aromatic rings. The third-order valence-electron chi connectivity index (χ3n) is 5.96. The van der Waals surface area contributed by atoms with Gasteiger partial charge in [-0.3, -0.25) is 4.98 Å². The quantitative estimate of drug-likeness (QED) is 0.252. The van der Waals surface area contributed by atoms with Gasteiger partial charge in [0.05, 0.1) is 6.57 Å². The van der Waals surface area contributed by atoms with E-state index in [0.717, 1.165) is 16.7 Å². The van der Waals surface area contributed by atoms with Crippen molar-refractivity contribution in [3.05, 3.63) is 121 Å². The summed E-state index contributed by atoms with van der Waals surface area (Å²) in [5, 5.41) is 2.60. The Bertz CT molecular complexity index is 1670. The average molecular weight is 439 g/mol. The highest BCUT2D eigenvalue weighted by Gasteiger charge is 2.09. The number of pyridine rings is 1. The van der Waals surface area contributed by atoms with E-state index < -0.39 is 0 Å². The van der Waals surface area contributed by atoms with Crippen LogP contribution in [-0.4, -0.2) is 4.98 Å². The molecule has 2 heterocycles. The summed E-state index contributed by atoms with van der Waals surface area (Å²) in [6, 6.07) is 34.3. The molecule has 0 bridgehead atoms. The van der Waals surface area contributed by atoms with Gasteiger partial charge in [0.15, 0.2) is 0 Å². The molecule has 0 saturated carbocycles. The molecule has 2 aromatic heterocycles. The van der Waals surface area contributed by atoms with Gasteiger partial charge < -0.3 is 0 Å². The summed E-state index contributed by atoms with van der Waals surface area (Å²) in [6.07, 6.45) is 3.41. The van der Waals surface area contributed by atoms with Crippen LogP contribution < -0.4 is 0 Å². The molecule has 0 atom stereocenters. The summed E-state index contributed by atoms with van der Waals surface area (Å²) in [6.45, 7) is 7.25. The molecule has 0 aliphatic heterocycles. The van der Waals surface area contributed by atoms with Crippen molar-refractivity contribution in [2.45, 2.75) is 0 Å². The van der Waals surface area contributed by atoms with Crippen LogP contribution in [0.3, 0.4) is 0 Å². The van der Waals surface area contributed by atoms with Crippen LogP contribution in [0.1, 0.15) is 0 Å². The summed E-state index contributed by atoms with van der Waals surface area (Å²) in [5.74, 6) is 0. The van der Waals surface area contributed by atoms with E-state index in [1.165, 1.54) is 36.9 Å². The van der Waals surface area contributed by atoms with Crippen molar-refractivity contribution in [2.75, 3.05) is 0 Å². The molecular formula is C30H18N2S. The molecule has 0 amide bonds. The maximum Gasteiger partial charge on any atom is 0.205 e. The molecule has 3 heteroatoms. The van der Waals surface area contributed by atoms with Crippen molar-refractivity contribution in [1.29, 1.82) is 0 Å². The van der Waals surface area contributed by atoms with Gasteiger partial charge in [-0.25, -0.2) is 4.85 Å². The highest BCUT2D eigenvalue weighted by Crippen LogP contribution is 2.38. The van der Waals surface area contributed by atoms with Crippen LogP contribution in [0.2, 0.25) is 0 Å². The molecule has 2 nitrogen and oxygen atoms in total. The topological polar surface area (TPSA) is 17.2 Å². The number of fused-ring (bicyclic) bond motifs is 3. The number of benzene rings is 4. The summed E-state index contributed by atoms with van der Waals surface area (Å²) >= 11 is 1.84. The van der Waals surface area contributed by atoms with E-state index in [9.17, 15) is 0 Å². The molecule has 0 radical (unpaired) electrons. The van der Waals surface area contributed by atoms with Crippen LogP contribution in [0.5, 0.6) is 0 Å². The van der Waals surface area contributed by atoms with Gasteiger partial charge in [-0.15, -0.1) is 11.3 Å². The van der Waals surface area contributed by atoms with Gasteiger partial charge >= 0.3 is 0 Å². The van der Waals surface area contributed by atoms with E-state index in [-0.39, 0.29) is 0 Å². The van der Waals surface area contributed by atoms with E-state index in [1.54, 1.807) is 6.20 Å². The fourth-order valence-corrected chi connectivity index (χ4v) is 5.48. The minimum absolute atomic E-state index is 0.555. The molecule has 0 unspecified atom stereocenters. The van der Waals surface area contributed by atoms with Gasteiger partial charge in [0.2, 0.25) is 5.69 Å². The Hall–Kier alpha value is -4.26. The van der Waals surface area contributed by atoms with Gasteiger partial charge in [0.25, 0.3) is 0 Å². The Morgan fingerprint density at radius 2 is 1.15 bits per heavy atom. The van der Waals surface area contributed by atoms with Crippen LogP contribution in [-0.2, 0) is 0 Å². The largest absolute Gasteiger partial charge is 0.276 e. The van der Waals surface area contributed by atoms with E-state index in [4.69, 9.17) is 6.57 Å². The molecule has 154 valence electrons. The van der Waals surface area contributed by atoms with E-state index in [0.29, 0.717) is 5.69 Å². The SMILES string of the molecule is [C-]#[N+]c1cncc(-c2cccc(-c3ccc4c(c3)sc3cc(-c5ccccc5)ccc34)c2)c1. The zero-order valence-corrected chi connectivity index (χ0v) is 18.5. The van der Waals surface area contributed by atoms with Crippen molar-refractivity contribution < 1.29 is 0 Å². The second-order valence-corrected chi connectivity index (χ2v) is 9.10. The summed E-state index contributed by atoms with van der Waals surface area (Å²) in [7, 11) is 0. The minimum atomic E-state index is 0.555. The number of aromatic nitrogens is 1. The van der Waals surface area contributed by atoms with Crippen LogP contribution in [0.15, 0.2) is 109 Å². The van der Waals surface area contributed by atoms with Gasteiger partial charge in [-0.1, -0.05) is 72.8 Å². The Balaban J connectivity index is 1.42. The first-order valence-electron chi connectivity index (χ1n) is 10.7. The number of hydrogen-bond donors (Lipinski definition) is 0. The Labute approximate surface area is 196 Å². The van der Waals surface area contributed by atoms with E-state index >= 15 is 0 Å². The van der Waals surface area contributed by atoms with Crippen molar-refractivity contribution in [3.63, 3.8) is 0 Å². The Morgan fingerprint density at radius 3 is 1.85 bits per heavy atom. The summed E-state index contributed by atoms with van der Waals surface area (Å²) in [4.78, 5) is 7.72. The molecule has 0 aliphatic carbocycles. The number of nitrogens with zero attached hydrogens (tertiary/aromatic N) is 2. The van der Waals surface area contributed by atoms with Gasteiger partial charge in [0.1, 0.15) is 0 Å². The maximum absolute atomic E-state index is 7.25. The van der Waals surface area contributed by atoms with Crippen molar-refractivity contribution in [2.24, 2.45) is 0 Å². The van der Waals surface area contributed by atoms with Gasteiger partial charge in [-0.2, -0.15) is 0 Å². The zero-order valence-electron chi connectivity index (χ0n) is 17.7. The van der Waals surface area contributed by atoms with Gasteiger partial charge in [-0.05, 0) is 57.6 Å². The highest BCUT2D eigenvalue weighted by molar-refractivity contribution is 7.25. The van der Waals surface area contributed by atoms with Crippen LogP contribution in [0, 0.1) is 6.57 Å². The normalized spacial score (nSPS) is 11.0. The highest BCUT2D eigenvalue weighted by atomic mass is 32.1. The zero-order chi connectivity index (χ0) is 22.2. The summed E-state index contributed by atoms with van der Waals surface area (Å²) in [5.41, 5.74) is 7.41. The lowest BCUT2D eigenvalue weighted by Crippen LogP contribution is -1.82. The second-order valence-electron chi connectivity index (χ2n) is 8.01. The predicted molar refractivity (Wildman–Crippen MR) is 140 cm³/mol. The standard InChI is InChI=1S/C30H18N2S/c1-31-26-15-25(18-32-19-26)22-9-5-8-21(14-22)24-11-13-28-27-12-10-23(20-6-3-2-4-7-20)16-29(27)33-30(28)17-24/h2-19H. The number of rotatable bonds is 3. The third-order valence-corrected chi connectivity index (χ3v) is 7.08. The summed E-state index contributed by atoms with van der Waals surface area (Å²) < 4.78 is 2.59. The molecule has 33 heavy (non-hydrogen) atoms. The lowest BCUT2D eigenvalue weighted by Gasteiger charge is -2.07. The van der Waals surface area contributed by atoms with Crippen LogP contribution in [0.25, 0.3) is 58.4 Å². The fraction of sp³-hybridized carbons (Fsp3) is 0. The van der Waals surface area contributed by atoms with Crippen LogP contribution >= 0.6 is 11.3 Å². The number of thiophene rings is 1. The Morgan fingerprint density at radius 1 is 0.545 bits per heavy atom. The third kappa shape index (κ3) is 3.57. The fourth-order valence-electron chi connectivity index (χ4n) is 4.29. The molecule has 4 aromatic carbocycles. The molecule has 0 saturated heterocycles. The lowest BCUT2D eigenvalue weighted by atomic mass is 9.98.